The molecule has 3 aromatic rings. The van der Waals surface area contributed by atoms with E-state index in [1.807, 2.05) is 37.5 Å². The molecule has 1 fully saturated rings. The molecule has 1 aliphatic rings. The van der Waals surface area contributed by atoms with Gasteiger partial charge in [-0.25, -0.2) is 4.68 Å². The Hall–Kier alpha value is -3.26. The van der Waals surface area contributed by atoms with E-state index in [1.165, 1.54) is 6.07 Å². The van der Waals surface area contributed by atoms with Gasteiger partial charge in [0.1, 0.15) is 18.0 Å². The highest BCUT2D eigenvalue weighted by Crippen LogP contribution is 2.13. The number of benzene rings is 1. The Kier molecular flexibility index (Phi) is 5.53. The molecule has 150 valence electrons. The Bertz CT molecular complexity index is 1070. The highest BCUT2D eigenvalue weighted by molar-refractivity contribution is 5.72. The van der Waals surface area contributed by atoms with Crippen LogP contribution in [0.15, 0.2) is 53.7 Å². The average molecular weight is 394 g/mol. The molecule has 1 atom stereocenters. The van der Waals surface area contributed by atoms with Crippen molar-refractivity contribution in [1.29, 1.82) is 0 Å². The molecule has 8 nitrogen and oxygen atoms in total. The van der Waals surface area contributed by atoms with Crippen LogP contribution in [0, 0.1) is 0 Å². The molecule has 0 radical (unpaired) electrons. The topological polar surface area (TPSA) is 88.2 Å². The minimum absolute atomic E-state index is 0.0384. The van der Waals surface area contributed by atoms with Gasteiger partial charge in [0.05, 0.1) is 24.9 Å². The van der Waals surface area contributed by atoms with Crippen LogP contribution in [0.4, 0.5) is 0 Å². The fourth-order valence-electron chi connectivity index (χ4n) is 3.10. The second-order valence-electron chi connectivity index (χ2n) is 7.08. The smallest absolute Gasteiger partial charge is 0.310 e. The highest BCUT2D eigenvalue weighted by atomic mass is 16.6. The van der Waals surface area contributed by atoms with E-state index in [4.69, 9.17) is 9.47 Å². The lowest BCUT2D eigenvalue weighted by atomic mass is 10.0. The van der Waals surface area contributed by atoms with Gasteiger partial charge in [0.25, 0.3) is 0 Å². The molecule has 0 amide bonds. The maximum Gasteiger partial charge on any atom is 0.310 e. The zero-order valence-electron chi connectivity index (χ0n) is 16.2. The van der Waals surface area contributed by atoms with Crippen LogP contribution < -0.4 is 5.43 Å². The molecule has 1 saturated heterocycles. The van der Waals surface area contributed by atoms with E-state index in [9.17, 15) is 9.59 Å². The molecule has 29 heavy (non-hydrogen) atoms. The number of ether oxygens (including phenoxy) is 2. The van der Waals surface area contributed by atoms with Crippen molar-refractivity contribution in [2.75, 3.05) is 13.2 Å². The SMILES string of the molecule is Cn1cc(-n2ccc(=O)c(Cc3cccc(CC(=O)OCC4CCO4)c3)n2)cn1. The lowest BCUT2D eigenvalue weighted by Crippen LogP contribution is -2.32. The number of hydrogen-bond donors (Lipinski definition) is 0. The minimum atomic E-state index is -0.283. The van der Waals surface area contributed by atoms with E-state index in [-0.39, 0.29) is 23.9 Å². The summed E-state index contributed by atoms with van der Waals surface area (Å²) in [5, 5.41) is 8.58. The van der Waals surface area contributed by atoms with Crippen molar-refractivity contribution >= 4 is 5.97 Å². The molecular weight excluding hydrogens is 372 g/mol. The first-order valence-electron chi connectivity index (χ1n) is 9.50. The van der Waals surface area contributed by atoms with Crippen molar-refractivity contribution in [3.05, 3.63) is 76.0 Å². The summed E-state index contributed by atoms with van der Waals surface area (Å²) in [4.78, 5) is 24.3. The van der Waals surface area contributed by atoms with Gasteiger partial charge in [0.2, 0.25) is 5.43 Å². The summed E-state index contributed by atoms with van der Waals surface area (Å²) in [7, 11) is 1.82. The predicted molar refractivity (Wildman–Crippen MR) is 105 cm³/mol. The van der Waals surface area contributed by atoms with Gasteiger partial charge < -0.3 is 9.47 Å². The standard InChI is InChI=1S/C21H22N4O4/c1-24-13-17(12-22-24)25-7-5-20(26)19(23-25)10-15-3-2-4-16(9-15)11-21(27)29-14-18-6-8-28-18/h2-5,7,9,12-13,18H,6,8,10-11,14H2,1H3. The van der Waals surface area contributed by atoms with Gasteiger partial charge >= 0.3 is 5.97 Å². The van der Waals surface area contributed by atoms with Crippen LogP contribution in [-0.2, 0) is 34.2 Å². The van der Waals surface area contributed by atoms with Crippen LogP contribution in [0.1, 0.15) is 23.2 Å². The first-order valence-corrected chi connectivity index (χ1v) is 9.50. The number of hydrogen-bond acceptors (Lipinski definition) is 6. The van der Waals surface area contributed by atoms with Gasteiger partial charge in [-0.1, -0.05) is 24.3 Å². The first kappa shape index (κ1) is 19.1. The second kappa shape index (κ2) is 8.40. The van der Waals surface area contributed by atoms with Crippen molar-refractivity contribution in [2.24, 2.45) is 7.05 Å². The quantitative estimate of drug-likeness (QED) is 0.564. The molecule has 1 aromatic carbocycles. The van der Waals surface area contributed by atoms with E-state index in [0.717, 1.165) is 29.8 Å². The summed E-state index contributed by atoms with van der Waals surface area (Å²) < 4.78 is 13.8. The summed E-state index contributed by atoms with van der Waals surface area (Å²) in [5.41, 5.74) is 2.83. The van der Waals surface area contributed by atoms with Crippen LogP contribution in [0.5, 0.6) is 0 Å². The van der Waals surface area contributed by atoms with Gasteiger partial charge in [-0.15, -0.1) is 0 Å². The summed E-state index contributed by atoms with van der Waals surface area (Å²) >= 11 is 0. The van der Waals surface area contributed by atoms with Crippen LogP contribution in [0.25, 0.3) is 5.69 Å². The third-order valence-electron chi connectivity index (χ3n) is 4.77. The normalized spacial score (nSPS) is 15.7. The van der Waals surface area contributed by atoms with E-state index in [1.54, 1.807) is 21.8 Å². The van der Waals surface area contributed by atoms with E-state index < -0.39 is 0 Å². The number of aryl methyl sites for hydroxylation is 1. The van der Waals surface area contributed by atoms with Crippen LogP contribution >= 0.6 is 0 Å². The summed E-state index contributed by atoms with van der Waals surface area (Å²) in [6, 6.07) is 9.06. The number of aromatic nitrogens is 4. The Morgan fingerprint density at radius 3 is 2.86 bits per heavy atom. The molecule has 1 aliphatic heterocycles. The van der Waals surface area contributed by atoms with E-state index in [2.05, 4.69) is 10.2 Å². The van der Waals surface area contributed by atoms with Crippen molar-refractivity contribution in [2.45, 2.75) is 25.4 Å². The Balaban J connectivity index is 1.44. The third-order valence-corrected chi connectivity index (χ3v) is 4.77. The number of nitrogens with zero attached hydrogens (tertiary/aromatic N) is 4. The maximum absolute atomic E-state index is 12.3. The molecule has 0 N–H and O–H groups in total. The third kappa shape index (κ3) is 4.78. The Morgan fingerprint density at radius 1 is 1.31 bits per heavy atom. The summed E-state index contributed by atoms with van der Waals surface area (Å²) in [5.74, 6) is -0.283. The number of esters is 1. The largest absolute Gasteiger partial charge is 0.463 e. The molecule has 0 spiro atoms. The van der Waals surface area contributed by atoms with Gasteiger partial charge in [-0.2, -0.15) is 10.2 Å². The molecule has 1 unspecified atom stereocenters. The molecule has 3 heterocycles. The lowest BCUT2D eigenvalue weighted by Gasteiger charge is -2.25. The first-order chi connectivity index (χ1) is 14.1. The van der Waals surface area contributed by atoms with Crippen LogP contribution in [0.2, 0.25) is 0 Å². The molecule has 0 saturated carbocycles. The molecule has 4 rings (SSSR count). The van der Waals surface area contributed by atoms with Crippen molar-refractivity contribution in [3.63, 3.8) is 0 Å². The predicted octanol–water partition coefficient (Wildman–Crippen LogP) is 1.43. The van der Waals surface area contributed by atoms with Crippen molar-refractivity contribution in [3.8, 4) is 5.69 Å². The van der Waals surface area contributed by atoms with E-state index >= 15 is 0 Å². The van der Waals surface area contributed by atoms with Crippen LogP contribution in [-0.4, -0.2) is 44.8 Å². The Labute approximate surface area is 167 Å². The monoisotopic (exact) mass is 394 g/mol. The lowest BCUT2D eigenvalue weighted by molar-refractivity contribution is -0.153. The fraction of sp³-hybridized carbons (Fsp3) is 0.333. The summed E-state index contributed by atoms with van der Waals surface area (Å²) in [6.45, 7) is 1.04. The number of carbonyl (C=O) groups is 1. The fourth-order valence-corrected chi connectivity index (χ4v) is 3.10. The minimum Gasteiger partial charge on any atom is -0.463 e. The van der Waals surface area contributed by atoms with Crippen LogP contribution in [0.3, 0.4) is 0 Å². The van der Waals surface area contributed by atoms with Gasteiger partial charge in [-0.05, 0) is 11.1 Å². The van der Waals surface area contributed by atoms with Crippen molar-refractivity contribution < 1.29 is 14.3 Å². The van der Waals surface area contributed by atoms with Crippen molar-refractivity contribution in [1.82, 2.24) is 19.6 Å². The number of carbonyl (C=O) groups excluding carboxylic acids is 1. The molecule has 0 aliphatic carbocycles. The Morgan fingerprint density at radius 2 is 2.14 bits per heavy atom. The zero-order valence-corrected chi connectivity index (χ0v) is 16.2. The highest BCUT2D eigenvalue weighted by Gasteiger charge is 2.20. The average Bonchev–Trinajstić information content (AvgIpc) is 3.09. The molecule has 2 aromatic heterocycles. The molecule has 0 bridgehead atoms. The zero-order chi connectivity index (χ0) is 20.2. The second-order valence-corrected chi connectivity index (χ2v) is 7.08. The van der Waals surface area contributed by atoms with Gasteiger partial charge in [-0.3, -0.25) is 14.3 Å². The van der Waals surface area contributed by atoms with Gasteiger partial charge in [0.15, 0.2) is 0 Å². The van der Waals surface area contributed by atoms with Gasteiger partial charge in [0, 0.05) is 38.8 Å². The maximum atomic E-state index is 12.3. The number of rotatable bonds is 7. The molecular formula is C21H22N4O4. The molecule has 8 heteroatoms. The summed E-state index contributed by atoms with van der Waals surface area (Å²) in [6.07, 6.45) is 6.66. The van der Waals surface area contributed by atoms with E-state index in [0.29, 0.717) is 18.7 Å².